The van der Waals surface area contributed by atoms with Crippen LogP contribution >= 0.6 is 11.6 Å². The lowest BCUT2D eigenvalue weighted by atomic mass is 9.95. The third-order valence-corrected chi connectivity index (χ3v) is 3.43. The first kappa shape index (κ1) is 13.0. The maximum absolute atomic E-state index is 10.1. The third kappa shape index (κ3) is 2.68. The number of hydrogen-bond acceptors (Lipinski definition) is 1. The Hall–Kier alpha value is -1.47. The second kappa shape index (κ2) is 5.92. The van der Waals surface area contributed by atoms with Crippen LogP contribution in [0, 0.1) is 0 Å². The van der Waals surface area contributed by atoms with Crippen molar-refractivity contribution < 1.29 is 5.11 Å². The first-order chi connectivity index (χ1) is 8.74. The van der Waals surface area contributed by atoms with Crippen LogP contribution in [-0.2, 0) is 6.42 Å². The van der Waals surface area contributed by atoms with Crippen molar-refractivity contribution in [2.75, 3.05) is 0 Å². The van der Waals surface area contributed by atoms with Gasteiger partial charge in [0.05, 0.1) is 0 Å². The van der Waals surface area contributed by atoms with Crippen LogP contribution in [0.3, 0.4) is 0 Å². The quantitative estimate of drug-likeness (QED) is 0.815. The Morgan fingerprint density at radius 1 is 1.06 bits per heavy atom. The number of halogens is 1. The molecule has 0 bridgehead atoms. The first-order valence-corrected chi connectivity index (χ1v) is 6.67. The Morgan fingerprint density at radius 3 is 2.44 bits per heavy atom. The van der Waals surface area contributed by atoms with Gasteiger partial charge in [0.1, 0.15) is 5.75 Å². The summed E-state index contributed by atoms with van der Waals surface area (Å²) in [6.45, 7) is 2.15. The van der Waals surface area contributed by atoms with Crippen LogP contribution in [0.4, 0.5) is 0 Å². The van der Waals surface area contributed by atoms with Crippen LogP contribution in [0.25, 0.3) is 11.1 Å². The largest absolute Gasteiger partial charge is 0.507 e. The molecule has 2 heteroatoms. The summed E-state index contributed by atoms with van der Waals surface area (Å²) < 4.78 is 0. The zero-order valence-corrected chi connectivity index (χ0v) is 11.2. The summed E-state index contributed by atoms with van der Waals surface area (Å²) >= 11 is 6.28. The molecule has 0 aliphatic rings. The van der Waals surface area contributed by atoms with E-state index in [4.69, 9.17) is 11.6 Å². The van der Waals surface area contributed by atoms with E-state index in [1.807, 2.05) is 30.3 Å². The summed E-state index contributed by atoms with van der Waals surface area (Å²) in [5.41, 5.74) is 2.94. The van der Waals surface area contributed by atoms with Gasteiger partial charge >= 0.3 is 0 Å². The molecule has 0 aliphatic carbocycles. The lowest BCUT2D eigenvalue weighted by Crippen LogP contribution is -1.92. The predicted molar refractivity (Wildman–Crippen MR) is 77.2 cm³/mol. The molecule has 94 valence electrons. The van der Waals surface area contributed by atoms with Crippen molar-refractivity contribution in [2.24, 2.45) is 0 Å². The molecule has 0 heterocycles. The van der Waals surface area contributed by atoms with Crippen molar-refractivity contribution in [3.8, 4) is 16.9 Å². The molecule has 0 aromatic heterocycles. The number of phenols is 1. The summed E-state index contributed by atoms with van der Waals surface area (Å²) in [6, 6.07) is 13.4. The SMILES string of the molecule is CCCCc1c(Cl)ccc(O)c1-c1ccccc1. The smallest absolute Gasteiger partial charge is 0.123 e. The Labute approximate surface area is 113 Å². The molecule has 2 rings (SSSR count). The van der Waals surface area contributed by atoms with Gasteiger partial charge < -0.3 is 5.11 Å². The van der Waals surface area contributed by atoms with E-state index in [9.17, 15) is 5.11 Å². The average Bonchev–Trinajstić information content (AvgIpc) is 2.40. The monoisotopic (exact) mass is 260 g/mol. The molecule has 1 nitrogen and oxygen atoms in total. The minimum Gasteiger partial charge on any atom is -0.507 e. The Kier molecular flexibility index (Phi) is 4.27. The van der Waals surface area contributed by atoms with Crippen LogP contribution in [0.5, 0.6) is 5.75 Å². The number of benzene rings is 2. The van der Waals surface area contributed by atoms with Gasteiger partial charge in [-0.25, -0.2) is 0 Å². The van der Waals surface area contributed by atoms with Gasteiger partial charge in [-0.15, -0.1) is 0 Å². The van der Waals surface area contributed by atoms with Gasteiger partial charge in [0.2, 0.25) is 0 Å². The van der Waals surface area contributed by atoms with E-state index in [1.54, 1.807) is 12.1 Å². The van der Waals surface area contributed by atoms with Crippen molar-refractivity contribution in [1.29, 1.82) is 0 Å². The Bertz CT molecular complexity index is 520. The molecule has 1 N–H and O–H groups in total. The molecule has 0 radical (unpaired) electrons. The molecule has 0 amide bonds. The maximum Gasteiger partial charge on any atom is 0.123 e. The van der Waals surface area contributed by atoms with Gasteiger partial charge in [-0.3, -0.25) is 0 Å². The van der Waals surface area contributed by atoms with E-state index in [0.717, 1.165) is 41.0 Å². The molecule has 0 spiro atoms. The highest BCUT2D eigenvalue weighted by Crippen LogP contribution is 2.37. The van der Waals surface area contributed by atoms with Gasteiger partial charge in [-0.05, 0) is 36.1 Å². The van der Waals surface area contributed by atoms with Crippen LogP contribution in [0.15, 0.2) is 42.5 Å². The van der Waals surface area contributed by atoms with Crippen LogP contribution in [0.1, 0.15) is 25.3 Å². The molecule has 0 aliphatic heterocycles. The minimum atomic E-state index is 0.303. The molecule has 0 fully saturated rings. The highest BCUT2D eigenvalue weighted by Gasteiger charge is 2.13. The number of rotatable bonds is 4. The normalized spacial score (nSPS) is 10.6. The van der Waals surface area contributed by atoms with Gasteiger partial charge in [0, 0.05) is 10.6 Å². The molecular weight excluding hydrogens is 244 g/mol. The van der Waals surface area contributed by atoms with E-state index in [0.29, 0.717) is 5.75 Å². The number of hydrogen-bond donors (Lipinski definition) is 1. The van der Waals surface area contributed by atoms with Gasteiger partial charge in [0.15, 0.2) is 0 Å². The third-order valence-electron chi connectivity index (χ3n) is 3.08. The van der Waals surface area contributed by atoms with Crippen molar-refractivity contribution in [1.82, 2.24) is 0 Å². The summed E-state index contributed by atoms with van der Waals surface area (Å²) in [7, 11) is 0. The molecule has 2 aromatic carbocycles. The highest BCUT2D eigenvalue weighted by molar-refractivity contribution is 6.31. The Balaban J connectivity index is 2.53. The fraction of sp³-hybridized carbons (Fsp3) is 0.250. The van der Waals surface area contributed by atoms with E-state index >= 15 is 0 Å². The summed E-state index contributed by atoms with van der Waals surface area (Å²) in [5.74, 6) is 0.303. The summed E-state index contributed by atoms with van der Waals surface area (Å²) in [4.78, 5) is 0. The van der Waals surface area contributed by atoms with Gasteiger partial charge in [-0.2, -0.15) is 0 Å². The van der Waals surface area contributed by atoms with E-state index in [-0.39, 0.29) is 0 Å². The predicted octanol–water partition coefficient (Wildman–Crippen LogP) is 5.06. The van der Waals surface area contributed by atoms with Crippen molar-refractivity contribution >= 4 is 11.6 Å². The number of phenolic OH excluding ortho intramolecular Hbond substituents is 1. The average molecular weight is 261 g/mol. The molecule has 2 aromatic rings. The summed E-state index contributed by atoms with van der Waals surface area (Å²) in [5, 5.41) is 10.8. The van der Waals surface area contributed by atoms with Crippen molar-refractivity contribution in [2.45, 2.75) is 26.2 Å². The number of unbranched alkanes of at least 4 members (excludes halogenated alkanes) is 1. The van der Waals surface area contributed by atoms with Crippen LogP contribution in [0.2, 0.25) is 5.02 Å². The molecule has 0 atom stereocenters. The molecule has 0 unspecified atom stereocenters. The molecule has 0 saturated carbocycles. The van der Waals surface area contributed by atoms with Crippen molar-refractivity contribution in [3.63, 3.8) is 0 Å². The second-order valence-electron chi connectivity index (χ2n) is 4.39. The van der Waals surface area contributed by atoms with E-state index in [2.05, 4.69) is 6.92 Å². The topological polar surface area (TPSA) is 20.2 Å². The maximum atomic E-state index is 10.1. The minimum absolute atomic E-state index is 0.303. The zero-order valence-electron chi connectivity index (χ0n) is 10.5. The lowest BCUT2D eigenvalue weighted by molar-refractivity contribution is 0.476. The standard InChI is InChI=1S/C16H17ClO/c1-2-3-9-13-14(17)10-11-15(18)16(13)12-7-5-4-6-8-12/h4-8,10-11,18H,2-3,9H2,1H3. The molecular formula is C16H17ClO. The highest BCUT2D eigenvalue weighted by atomic mass is 35.5. The van der Waals surface area contributed by atoms with Crippen LogP contribution in [-0.4, -0.2) is 5.11 Å². The molecule has 0 saturated heterocycles. The van der Waals surface area contributed by atoms with Gasteiger partial charge in [-0.1, -0.05) is 55.3 Å². The molecule has 18 heavy (non-hydrogen) atoms. The second-order valence-corrected chi connectivity index (χ2v) is 4.80. The fourth-order valence-corrected chi connectivity index (χ4v) is 2.39. The lowest BCUT2D eigenvalue weighted by Gasteiger charge is -2.13. The van der Waals surface area contributed by atoms with E-state index in [1.165, 1.54) is 0 Å². The van der Waals surface area contributed by atoms with Crippen LogP contribution < -0.4 is 0 Å². The zero-order chi connectivity index (χ0) is 13.0. The van der Waals surface area contributed by atoms with Gasteiger partial charge in [0.25, 0.3) is 0 Å². The fourth-order valence-electron chi connectivity index (χ4n) is 2.13. The first-order valence-electron chi connectivity index (χ1n) is 6.29. The van der Waals surface area contributed by atoms with Crippen molar-refractivity contribution in [3.05, 3.63) is 53.1 Å². The number of aromatic hydroxyl groups is 1. The summed E-state index contributed by atoms with van der Waals surface area (Å²) in [6.07, 6.45) is 3.08. The van der Waals surface area contributed by atoms with E-state index < -0.39 is 0 Å². The Morgan fingerprint density at radius 2 is 1.78 bits per heavy atom.